The number of anilines is 2. The zero-order chi connectivity index (χ0) is 21.4. The van der Waals surface area contributed by atoms with Gasteiger partial charge in [0.05, 0.1) is 49.5 Å². The number of aryl methyl sites for hydroxylation is 1. The van der Waals surface area contributed by atoms with Gasteiger partial charge in [-0.15, -0.1) is 0 Å². The van der Waals surface area contributed by atoms with Crippen molar-refractivity contribution in [3.8, 4) is 11.3 Å². The Balaban J connectivity index is 1.32. The second-order valence-corrected chi connectivity index (χ2v) is 7.80. The third kappa shape index (κ3) is 3.77. The fourth-order valence-electron chi connectivity index (χ4n) is 4.02. The molecular weight excluding hydrogens is 398 g/mol. The third-order valence-electron chi connectivity index (χ3n) is 5.67. The number of carbonyl (C=O) groups is 1. The van der Waals surface area contributed by atoms with Crippen LogP contribution in [0.4, 0.5) is 11.6 Å². The van der Waals surface area contributed by atoms with Gasteiger partial charge in [0.1, 0.15) is 0 Å². The highest BCUT2D eigenvalue weighted by molar-refractivity contribution is 5.90. The number of ether oxygens (including phenoxy) is 3. The Labute approximate surface area is 179 Å². The first-order valence-corrected chi connectivity index (χ1v) is 10.2. The number of esters is 1. The number of hydrogen-bond acceptors (Lipinski definition) is 8. The van der Waals surface area contributed by atoms with E-state index < -0.39 is 5.79 Å². The zero-order valence-corrected chi connectivity index (χ0v) is 17.4. The predicted molar refractivity (Wildman–Crippen MR) is 112 cm³/mol. The van der Waals surface area contributed by atoms with Crippen LogP contribution in [0, 0.1) is 6.92 Å². The van der Waals surface area contributed by atoms with Gasteiger partial charge in [-0.3, -0.25) is 4.68 Å². The van der Waals surface area contributed by atoms with Crippen molar-refractivity contribution in [3.05, 3.63) is 54.0 Å². The molecule has 31 heavy (non-hydrogen) atoms. The lowest BCUT2D eigenvalue weighted by Crippen LogP contribution is -2.45. The van der Waals surface area contributed by atoms with E-state index in [9.17, 15) is 4.79 Å². The Morgan fingerprint density at radius 3 is 2.84 bits per heavy atom. The van der Waals surface area contributed by atoms with Crippen molar-refractivity contribution in [2.45, 2.75) is 31.6 Å². The first kappa shape index (κ1) is 19.7. The van der Waals surface area contributed by atoms with Crippen molar-refractivity contribution >= 4 is 17.6 Å². The lowest BCUT2D eigenvalue weighted by molar-refractivity contribution is -0.227. The van der Waals surface area contributed by atoms with Crippen LogP contribution in [0.5, 0.6) is 0 Å². The molecule has 0 amide bonds. The van der Waals surface area contributed by atoms with Crippen molar-refractivity contribution in [2.75, 3.05) is 25.6 Å². The fraction of sp³-hybridized carbons (Fsp3) is 0.364. The van der Waals surface area contributed by atoms with Gasteiger partial charge in [-0.2, -0.15) is 5.10 Å². The molecule has 5 rings (SSSR count). The number of nitrogens with zero attached hydrogens (tertiary/aromatic N) is 4. The molecule has 2 fully saturated rings. The van der Waals surface area contributed by atoms with E-state index in [0.29, 0.717) is 24.7 Å². The molecule has 160 valence electrons. The number of hydrogen-bond donors (Lipinski definition) is 1. The van der Waals surface area contributed by atoms with Crippen molar-refractivity contribution in [1.29, 1.82) is 0 Å². The number of carbonyl (C=O) groups excluding carboxylic acids is 1. The number of methoxy groups -OCH3 is 1. The first-order chi connectivity index (χ1) is 15.0. The molecule has 1 spiro atoms. The molecule has 3 aromatic rings. The SMILES string of the molecule is COC(=O)c1cccc(-c2nc(Nc3cnn(C4CC5(C4)OCCO5)c3)ncc2C)c1. The van der Waals surface area contributed by atoms with Crippen LogP contribution in [0.25, 0.3) is 11.3 Å². The maximum Gasteiger partial charge on any atom is 0.337 e. The second kappa shape index (κ2) is 7.75. The Morgan fingerprint density at radius 1 is 1.26 bits per heavy atom. The Hall–Kier alpha value is -3.30. The Morgan fingerprint density at radius 2 is 2.06 bits per heavy atom. The van der Waals surface area contributed by atoms with E-state index in [1.165, 1.54) is 7.11 Å². The van der Waals surface area contributed by atoms with Crippen molar-refractivity contribution in [3.63, 3.8) is 0 Å². The molecule has 0 bridgehead atoms. The summed E-state index contributed by atoms with van der Waals surface area (Å²) < 4.78 is 18.1. The van der Waals surface area contributed by atoms with Crippen LogP contribution in [0.1, 0.15) is 34.8 Å². The van der Waals surface area contributed by atoms with Crippen molar-refractivity contribution in [1.82, 2.24) is 19.7 Å². The molecule has 1 aromatic carbocycles. The highest BCUT2D eigenvalue weighted by atomic mass is 16.7. The van der Waals surface area contributed by atoms with Gasteiger partial charge in [-0.05, 0) is 24.6 Å². The van der Waals surface area contributed by atoms with Gasteiger partial charge < -0.3 is 19.5 Å². The molecule has 2 aliphatic rings. The molecular formula is C22H23N5O4. The molecule has 0 unspecified atom stereocenters. The van der Waals surface area contributed by atoms with E-state index in [-0.39, 0.29) is 12.0 Å². The standard InChI is InChI=1S/C22H23N5O4/c1-14-11-23-21(26-19(14)15-4-3-5-16(8-15)20(28)29-2)25-17-12-24-27(13-17)18-9-22(10-18)30-6-7-31-22/h3-5,8,11-13,18H,6-7,9-10H2,1-2H3,(H,23,25,26). The third-order valence-corrected chi connectivity index (χ3v) is 5.67. The average Bonchev–Trinajstić information content (AvgIpc) is 3.43. The summed E-state index contributed by atoms with van der Waals surface area (Å²) in [5.74, 6) is -0.334. The Kier molecular flexibility index (Phi) is 4.91. The molecule has 1 saturated heterocycles. The highest BCUT2D eigenvalue weighted by Crippen LogP contribution is 2.46. The zero-order valence-electron chi connectivity index (χ0n) is 17.4. The maximum absolute atomic E-state index is 11.9. The summed E-state index contributed by atoms with van der Waals surface area (Å²) >= 11 is 0. The number of benzene rings is 1. The molecule has 9 heteroatoms. The van der Waals surface area contributed by atoms with Gasteiger partial charge in [0.2, 0.25) is 5.95 Å². The molecule has 1 N–H and O–H groups in total. The largest absolute Gasteiger partial charge is 0.465 e. The number of aromatic nitrogens is 4. The first-order valence-electron chi connectivity index (χ1n) is 10.2. The Bertz CT molecular complexity index is 1110. The minimum Gasteiger partial charge on any atom is -0.465 e. The molecule has 1 aliphatic carbocycles. The van der Waals surface area contributed by atoms with Crippen LogP contribution in [0.15, 0.2) is 42.9 Å². The molecule has 2 aromatic heterocycles. The van der Waals surface area contributed by atoms with Crippen molar-refractivity contribution in [2.24, 2.45) is 0 Å². The molecule has 9 nitrogen and oxygen atoms in total. The van der Waals surface area contributed by atoms with Gasteiger partial charge >= 0.3 is 5.97 Å². The molecule has 1 aliphatic heterocycles. The second-order valence-electron chi connectivity index (χ2n) is 7.80. The van der Waals surface area contributed by atoms with Crippen LogP contribution in [0.3, 0.4) is 0 Å². The summed E-state index contributed by atoms with van der Waals surface area (Å²) in [4.78, 5) is 20.9. The maximum atomic E-state index is 11.9. The summed E-state index contributed by atoms with van der Waals surface area (Å²) in [6, 6.07) is 7.45. The molecule has 0 atom stereocenters. The topological polar surface area (TPSA) is 100 Å². The molecule has 0 radical (unpaired) electrons. The predicted octanol–water partition coefficient (Wildman–Crippen LogP) is 3.26. The van der Waals surface area contributed by atoms with E-state index in [4.69, 9.17) is 14.2 Å². The van der Waals surface area contributed by atoms with E-state index in [0.717, 1.165) is 35.3 Å². The van der Waals surface area contributed by atoms with Crippen LogP contribution in [-0.2, 0) is 14.2 Å². The van der Waals surface area contributed by atoms with Crippen LogP contribution in [0.2, 0.25) is 0 Å². The minimum atomic E-state index is -0.405. The summed E-state index contributed by atoms with van der Waals surface area (Å²) in [7, 11) is 1.37. The lowest BCUT2D eigenvalue weighted by Gasteiger charge is -2.42. The van der Waals surface area contributed by atoms with Gasteiger partial charge in [0.15, 0.2) is 5.79 Å². The fourth-order valence-corrected chi connectivity index (χ4v) is 4.02. The van der Waals surface area contributed by atoms with Crippen LogP contribution in [-0.4, -0.2) is 51.8 Å². The average molecular weight is 421 g/mol. The van der Waals surface area contributed by atoms with Crippen LogP contribution < -0.4 is 5.32 Å². The van der Waals surface area contributed by atoms with Gasteiger partial charge in [-0.25, -0.2) is 14.8 Å². The molecule has 1 saturated carbocycles. The lowest BCUT2D eigenvalue weighted by atomic mass is 9.85. The van der Waals surface area contributed by atoms with Gasteiger partial charge in [0.25, 0.3) is 0 Å². The summed E-state index contributed by atoms with van der Waals surface area (Å²) in [5.41, 5.74) is 3.74. The summed E-state index contributed by atoms with van der Waals surface area (Å²) in [6.45, 7) is 3.25. The summed E-state index contributed by atoms with van der Waals surface area (Å²) in [5, 5.41) is 7.68. The van der Waals surface area contributed by atoms with E-state index in [2.05, 4.69) is 20.4 Å². The highest BCUT2D eigenvalue weighted by Gasteiger charge is 2.50. The minimum absolute atomic E-state index is 0.254. The van der Waals surface area contributed by atoms with Crippen LogP contribution >= 0.6 is 0 Å². The van der Waals surface area contributed by atoms with Gasteiger partial charge in [0, 0.05) is 30.8 Å². The normalized spacial score (nSPS) is 17.5. The number of nitrogens with one attached hydrogen (secondary N) is 1. The smallest absolute Gasteiger partial charge is 0.337 e. The number of rotatable bonds is 5. The monoisotopic (exact) mass is 421 g/mol. The van der Waals surface area contributed by atoms with Crippen molar-refractivity contribution < 1.29 is 19.0 Å². The van der Waals surface area contributed by atoms with E-state index >= 15 is 0 Å². The quantitative estimate of drug-likeness (QED) is 0.627. The van der Waals surface area contributed by atoms with E-state index in [1.807, 2.05) is 29.9 Å². The summed E-state index contributed by atoms with van der Waals surface area (Å²) in [6.07, 6.45) is 7.05. The van der Waals surface area contributed by atoms with E-state index in [1.54, 1.807) is 24.5 Å². The molecule has 3 heterocycles. The van der Waals surface area contributed by atoms with Gasteiger partial charge in [-0.1, -0.05) is 12.1 Å².